The predicted octanol–water partition coefficient (Wildman–Crippen LogP) is 4.66. The first kappa shape index (κ1) is 21.1. The van der Waals surface area contributed by atoms with Gasteiger partial charge in [0.15, 0.2) is 5.82 Å². The largest absolute Gasteiger partial charge is 0.380 e. The summed E-state index contributed by atoms with van der Waals surface area (Å²) in [6.07, 6.45) is 7.93. The average Bonchev–Trinajstić information content (AvgIpc) is 3.24. The van der Waals surface area contributed by atoms with Gasteiger partial charge in [0, 0.05) is 24.5 Å². The number of hydrogen-bond acceptors (Lipinski definition) is 6. The van der Waals surface area contributed by atoms with Gasteiger partial charge < -0.3 is 11.1 Å². The Bertz CT molecular complexity index is 1300. The lowest BCUT2D eigenvalue weighted by Gasteiger charge is -2.18. The summed E-state index contributed by atoms with van der Waals surface area (Å²) in [5, 5.41) is 3.30. The number of pyridine rings is 1. The molecule has 0 radical (unpaired) electrons. The van der Waals surface area contributed by atoms with Crippen molar-refractivity contribution in [1.82, 2.24) is 19.4 Å². The van der Waals surface area contributed by atoms with Crippen molar-refractivity contribution in [3.8, 4) is 11.4 Å². The molecule has 7 nitrogen and oxygen atoms in total. The molecule has 0 bridgehead atoms. The highest BCUT2D eigenvalue weighted by Crippen LogP contribution is 2.26. The van der Waals surface area contributed by atoms with Crippen molar-refractivity contribution < 1.29 is 8.78 Å². The van der Waals surface area contributed by atoms with Crippen LogP contribution in [-0.4, -0.2) is 31.1 Å². The van der Waals surface area contributed by atoms with Gasteiger partial charge in [0.05, 0.1) is 23.8 Å². The van der Waals surface area contributed by atoms with Gasteiger partial charge >= 0.3 is 0 Å². The fourth-order valence-electron chi connectivity index (χ4n) is 3.88. The van der Waals surface area contributed by atoms with Crippen LogP contribution in [-0.2, 0) is 6.54 Å². The van der Waals surface area contributed by atoms with Gasteiger partial charge in [-0.2, -0.15) is 0 Å². The van der Waals surface area contributed by atoms with Gasteiger partial charge in [-0.15, -0.1) is 0 Å². The first-order valence-corrected chi connectivity index (χ1v) is 10.9. The number of nitrogens with zero attached hydrogens (tertiary/aromatic N) is 5. The van der Waals surface area contributed by atoms with Crippen LogP contribution in [0.15, 0.2) is 60.0 Å². The molecule has 1 saturated carbocycles. The lowest BCUT2D eigenvalue weighted by molar-refractivity contribution is 0.558. The number of hydrogen-bond donors (Lipinski definition) is 2. The van der Waals surface area contributed by atoms with Crippen LogP contribution in [0.5, 0.6) is 0 Å². The van der Waals surface area contributed by atoms with E-state index in [1.54, 1.807) is 22.7 Å². The monoisotopic (exact) mass is 447 g/mol. The highest BCUT2D eigenvalue weighted by Gasteiger charge is 2.17. The van der Waals surface area contributed by atoms with E-state index in [4.69, 9.17) is 5.73 Å². The molecule has 0 atom stereocenters. The summed E-state index contributed by atoms with van der Waals surface area (Å²) in [5.41, 5.74) is 9.99. The first-order chi connectivity index (χ1) is 16.0. The predicted molar refractivity (Wildman–Crippen MR) is 123 cm³/mol. The normalized spacial score (nSPS) is 16.2. The van der Waals surface area contributed by atoms with Crippen molar-refractivity contribution in [2.75, 3.05) is 5.32 Å². The maximum absolute atomic E-state index is 14.7. The van der Waals surface area contributed by atoms with Gasteiger partial charge in [-0.3, -0.25) is 4.40 Å². The summed E-state index contributed by atoms with van der Waals surface area (Å²) >= 11 is 0. The molecule has 33 heavy (non-hydrogen) atoms. The number of imidazole rings is 1. The Labute approximate surface area is 189 Å². The summed E-state index contributed by atoms with van der Waals surface area (Å²) in [6.45, 7) is 0.517. The van der Waals surface area contributed by atoms with E-state index in [0.717, 1.165) is 48.8 Å². The second kappa shape index (κ2) is 9.03. The summed E-state index contributed by atoms with van der Waals surface area (Å²) in [5.74, 6) is -0.583. The number of aromatic nitrogens is 4. The Morgan fingerprint density at radius 2 is 1.82 bits per heavy atom. The molecule has 168 valence electrons. The van der Waals surface area contributed by atoms with Crippen LogP contribution < -0.4 is 11.1 Å². The van der Waals surface area contributed by atoms with Crippen LogP contribution in [0.25, 0.3) is 17.0 Å². The molecule has 1 aliphatic carbocycles. The Morgan fingerprint density at radius 1 is 1.03 bits per heavy atom. The van der Waals surface area contributed by atoms with E-state index in [1.807, 2.05) is 18.3 Å². The van der Waals surface area contributed by atoms with E-state index < -0.39 is 5.82 Å². The SMILES string of the molecule is NC1CCC(=Nc2ncc(F)c(-c3cnc4ccc(NCc5ccc(F)cc5)cn34)n2)CC1. The number of aliphatic imine (C=N–C) groups is 1. The molecular formula is C24H23F2N7. The standard InChI is InChI=1S/C24H23F2N7/c25-16-3-1-15(2-4-16)11-28-19-9-10-22-29-13-21(33(22)14-19)23-20(26)12-30-24(32-23)31-18-7-5-17(27)6-8-18/h1-4,9-10,12-14,17,28H,5-8,11,27H2. The van der Waals surface area contributed by atoms with Crippen LogP contribution >= 0.6 is 0 Å². The van der Waals surface area contributed by atoms with Crippen LogP contribution in [0.3, 0.4) is 0 Å². The minimum Gasteiger partial charge on any atom is -0.380 e. The third kappa shape index (κ3) is 4.73. The molecule has 3 aromatic heterocycles. The summed E-state index contributed by atoms with van der Waals surface area (Å²) in [6, 6.07) is 10.2. The van der Waals surface area contributed by atoms with Gasteiger partial charge in [-0.05, 0) is 55.5 Å². The zero-order valence-corrected chi connectivity index (χ0v) is 17.9. The van der Waals surface area contributed by atoms with E-state index in [0.29, 0.717) is 17.9 Å². The van der Waals surface area contributed by atoms with Crippen LogP contribution in [0.2, 0.25) is 0 Å². The second-order valence-electron chi connectivity index (χ2n) is 8.15. The molecule has 0 saturated heterocycles. The summed E-state index contributed by atoms with van der Waals surface area (Å²) in [4.78, 5) is 17.4. The highest BCUT2D eigenvalue weighted by molar-refractivity contribution is 5.87. The Hall–Kier alpha value is -3.72. The molecular weight excluding hydrogens is 424 g/mol. The number of benzene rings is 1. The molecule has 0 unspecified atom stereocenters. The number of halogens is 2. The van der Waals surface area contributed by atoms with E-state index in [-0.39, 0.29) is 23.5 Å². The Morgan fingerprint density at radius 3 is 2.61 bits per heavy atom. The van der Waals surface area contributed by atoms with Gasteiger partial charge in [-0.25, -0.2) is 28.7 Å². The quantitative estimate of drug-likeness (QED) is 0.464. The van der Waals surface area contributed by atoms with Crippen molar-refractivity contribution in [2.45, 2.75) is 38.3 Å². The molecule has 9 heteroatoms. The maximum atomic E-state index is 14.7. The van der Waals surface area contributed by atoms with Gasteiger partial charge in [0.1, 0.15) is 17.2 Å². The molecule has 3 N–H and O–H groups in total. The second-order valence-corrected chi connectivity index (χ2v) is 8.15. The minimum absolute atomic E-state index is 0.139. The van der Waals surface area contributed by atoms with Crippen molar-refractivity contribution >= 4 is 23.0 Å². The molecule has 5 rings (SSSR count). The third-order valence-corrected chi connectivity index (χ3v) is 5.76. The van der Waals surface area contributed by atoms with Gasteiger partial charge in [0.25, 0.3) is 0 Å². The molecule has 1 aromatic carbocycles. The first-order valence-electron chi connectivity index (χ1n) is 10.9. The van der Waals surface area contributed by atoms with Crippen LogP contribution in [0.4, 0.5) is 20.4 Å². The summed E-state index contributed by atoms with van der Waals surface area (Å²) in [7, 11) is 0. The number of fused-ring (bicyclic) bond motifs is 1. The molecule has 3 heterocycles. The fourth-order valence-corrected chi connectivity index (χ4v) is 3.88. The number of anilines is 1. The van der Waals surface area contributed by atoms with E-state index >= 15 is 0 Å². The van der Waals surface area contributed by atoms with Crippen molar-refractivity contribution in [2.24, 2.45) is 10.7 Å². The van der Waals surface area contributed by atoms with Crippen molar-refractivity contribution in [3.05, 3.63) is 72.2 Å². The Kier molecular flexibility index (Phi) is 5.78. The van der Waals surface area contributed by atoms with Crippen molar-refractivity contribution in [3.63, 3.8) is 0 Å². The van der Waals surface area contributed by atoms with Crippen LogP contribution in [0, 0.1) is 11.6 Å². The number of nitrogens with one attached hydrogen (secondary N) is 1. The fraction of sp³-hybridized carbons (Fsp3) is 0.250. The van der Waals surface area contributed by atoms with E-state index in [1.165, 1.54) is 12.1 Å². The molecule has 4 aromatic rings. The third-order valence-electron chi connectivity index (χ3n) is 5.76. The lowest BCUT2D eigenvalue weighted by Crippen LogP contribution is -2.26. The average molecular weight is 447 g/mol. The van der Waals surface area contributed by atoms with E-state index in [9.17, 15) is 8.78 Å². The molecule has 0 amide bonds. The number of rotatable bonds is 5. The lowest BCUT2D eigenvalue weighted by atomic mass is 9.94. The molecule has 1 fully saturated rings. The van der Waals surface area contributed by atoms with E-state index in [2.05, 4.69) is 25.3 Å². The van der Waals surface area contributed by atoms with Crippen molar-refractivity contribution in [1.29, 1.82) is 0 Å². The topological polar surface area (TPSA) is 93.5 Å². The Balaban J connectivity index is 1.42. The summed E-state index contributed by atoms with van der Waals surface area (Å²) < 4.78 is 29.6. The van der Waals surface area contributed by atoms with Gasteiger partial charge in [0.2, 0.25) is 5.95 Å². The molecule has 1 aliphatic rings. The maximum Gasteiger partial charge on any atom is 0.250 e. The highest BCUT2D eigenvalue weighted by atomic mass is 19.1. The van der Waals surface area contributed by atoms with Crippen LogP contribution in [0.1, 0.15) is 31.2 Å². The molecule has 0 spiro atoms. The zero-order valence-electron chi connectivity index (χ0n) is 17.9. The van der Waals surface area contributed by atoms with Gasteiger partial charge in [-0.1, -0.05) is 12.1 Å². The smallest absolute Gasteiger partial charge is 0.250 e. The zero-order chi connectivity index (χ0) is 22.8. The molecule has 0 aliphatic heterocycles. The minimum atomic E-state index is -0.545. The number of nitrogens with two attached hydrogens (primary N) is 1.